The Bertz CT molecular complexity index is 680. The number of hydrogen-bond donors (Lipinski definition) is 2. The Morgan fingerprint density at radius 1 is 1.50 bits per heavy atom. The molecule has 7 heteroatoms. The van der Waals surface area contributed by atoms with E-state index in [2.05, 4.69) is 10.2 Å². The van der Waals surface area contributed by atoms with Gasteiger partial charge >= 0.3 is 5.97 Å². The quantitative estimate of drug-likeness (QED) is 0.909. The molecule has 0 aromatic carbocycles. The van der Waals surface area contributed by atoms with Crippen LogP contribution in [0.25, 0.3) is 10.6 Å². The van der Waals surface area contributed by atoms with E-state index in [1.165, 1.54) is 0 Å². The number of thiophene rings is 1. The minimum absolute atomic E-state index is 0.0501. The number of carboxylic acid groups (broad SMARTS) is 1. The van der Waals surface area contributed by atoms with Gasteiger partial charge in [-0.25, -0.2) is 0 Å². The number of piperidine rings is 1. The number of aromatic amines is 1. The summed E-state index contributed by atoms with van der Waals surface area (Å²) in [7, 11) is 0. The van der Waals surface area contributed by atoms with Crippen molar-refractivity contribution in [3.05, 3.63) is 29.3 Å². The van der Waals surface area contributed by atoms with Crippen molar-refractivity contribution in [3.8, 4) is 10.6 Å². The molecule has 6 nitrogen and oxygen atoms in total. The zero-order chi connectivity index (χ0) is 15.7. The van der Waals surface area contributed by atoms with Crippen LogP contribution < -0.4 is 0 Å². The van der Waals surface area contributed by atoms with Crippen LogP contribution in [0.4, 0.5) is 0 Å². The Kier molecular flexibility index (Phi) is 3.98. The summed E-state index contributed by atoms with van der Waals surface area (Å²) in [6.45, 7) is 2.79. The van der Waals surface area contributed by atoms with Crippen molar-refractivity contribution in [1.82, 2.24) is 15.1 Å². The van der Waals surface area contributed by atoms with Gasteiger partial charge in [0.25, 0.3) is 5.91 Å². The van der Waals surface area contributed by atoms with Gasteiger partial charge in [0.2, 0.25) is 0 Å². The molecule has 0 spiro atoms. The zero-order valence-electron chi connectivity index (χ0n) is 12.2. The highest BCUT2D eigenvalue weighted by atomic mass is 32.1. The standard InChI is InChI=1S/C15H17N3O3S/c1-9-8-18(5-4-10(9)15(20)21)14(19)12-7-11(16-17-12)13-3-2-6-22-13/h2-3,6-7,9-10H,4-5,8H2,1H3,(H,16,17)(H,20,21). The molecule has 2 aromatic heterocycles. The summed E-state index contributed by atoms with van der Waals surface area (Å²) in [5.41, 5.74) is 1.20. The van der Waals surface area contributed by atoms with Crippen molar-refractivity contribution in [3.63, 3.8) is 0 Å². The molecular formula is C15H17N3O3S. The van der Waals surface area contributed by atoms with Gasteiger partial charge in [0.05, 0.1) is 16.5 Å². The molecule has 1 aliphatic rings. The molecule has 1 saturated heterocycles. The van der Waals surface area contributed by atoms with Gasteiger partial charge in [-0.1, -0.05) is 13.0 Å². The van der Waals surface area contributed by atoms with Crippen LogP contribution in [0.15, 0.2) is 23.6 Å². The fourth-order valence-corrected chi connectivity index (χ4v) is 3.54. The molecule has 2 atom stereocenters. The van der Waals surface area contributed by atoms with Crippen LogP contribution in [-0.2, 0) is 4.79 Å². The monoisotopic (exact) mass is 319 g/mol. The summed E-state index contributed by atoms with van der Waals surface area (Å²) < 4.78 is 0. The van der Waals surface area contributed by atoms with E-state index in [9.17, 15) is 9.59 Å². The maximum absolute atomic E-state index is 12.5. The zero-order valence-corrected chi connectivity index (χ0v) is 13.0. The van der Waals surface area contributed by atoms with Gasteiger partial charge in [-0.3, -0.25) is 14.7 Å². The Labute approximate surface area is 131 Å². The summed E-state index contributed by atoms with van der Waals surface area (Å²) in [5.74, 6) is -1.34. The fraction of sp³-hybridized carbons (Fsp3) is 0.400. The minimum Gasteiger partial charge on any atom is -0.481 e. The largest absolute Gasteiger partial charge is 0.481 e. The number of rotatable bonds is 3. The summed E-state index contributed by atoms with van der Waals surface area (Å²) in [5, 5.41) is 18.1. The van der Waals surface area contributed by atoms with Gasteiger partial charge < -0.3 is 10.0 Å². The van der Waals surface area contributed by atoms with Crippen molar-refractivity contribution in [2.75, 3.05) is 13.1 Å². The van der Waals surface area contributed by atoms with Crippen LogP contribution >= 0.6 is 11.3 Å². The normalized spacial score (nSPS) is 21.8. The summed E-state index contributed by atoms with van der Waals surface area (Å²) in [6.07, 6.45) is 0.491. The van der Waals surface area contributed by atoms with Crippen molar-refractivity contribution in [2.45, 2.75) is 13.3 Å². The lowest BCUT2D eigenvalue weighted by Crippen LogP contribution is -2.45. The van der Waals surface area contributed by atoms with Gasteiger partial charge in [0.15, 0.2) is 5.69 Å². The molecule has 3 heterocycles. The van der Waals surface area contributed by atoms with Crippen LogP contribution in [0.3, 0.4) is 0 Å². The molecule has 2 N–H and O–H groups in total. The second-order valence-electron chi connectivity index (χ2n) is 5.61. The molecular weight excluding hydrogens is 302 g/mol. The van der Waals surface area contributed by atoms with Crippen LogP contribution in [0.5, 0.6) is 0 Å². The van der Waals surface area contributed by atoms with Crippen molar-refractivity contribution in [2.24, 2.45) is 11.8 Å². The minimum atomic E-state index is -0.778. The Morgan fingerprint density at radius 3 is 2.95 bits per heavy atom. The molecule has 2 aromatic rings. The molecule has 0 aliphatic carbocycles. The van der Waals surface area contributed by atoms with Crippen LogP contribution in [-0.4, -0.2) is 45.2 Å². The maximum atomic E-state index is 12.5. The first-order valence-corrected chi connectivity index (χ1v) is 8.05. The van der Waals surface area contributed by atoms with Crippen molar-refractivity contribution >= 4 is 23.2 Å². The van der Waals surface area contributed by atoms with E-state index in [1.807, 2.05) is 24.4 Å². The van der Waals surface area contributed by atoms with Crippen LogP contribution in [0, 0.1) is 11.8 Å². The van der Waals surface area contributed by atoms with E-state index in [0.717, 1.165) is 10.6 Å². The summed E-state index contributed by atoms with van der Waals surface area (Å²) in [4.78, 5) is 26.4. The number of hydrogen-bond acceptors (Lipinski definition) is 4. The third kappa shape index (κ3) is 2.76. The number of carboxylic acids is 1. The molecule has 22 heavy (non-hydrogen) atoms. The van der Waals surface area contributed by atoms with Crippen molar-refractivity contribution < 1.29 is 14.7 Å². The lowest BCUT2D eigenvalue weighted by Gasteiger charge is -2.34. The molecule has 3 rings (SSSR count). The first kappa shape index (κ1) is 14.8. The van der Waals surface area contributed by atoms with Crippen molar-refractivity contribution in [1.29, 1.82) is 0 Å². The predicted molar refractivity (Wildman–Crippen MR) is 82.7 cm³/mol. The molecule has 1 fully saturated rings. The number of H-pyrrole nitrogens is 1. The molecule has 116 valence electrons. The second-order valence-corrected chi connectivity index (χ2v) is 6.55. The van der Waals surface area contributed by atoms with Crippen LogP contribution in [0.2, 0.25) is 0 Å². The molecule has 0 saturated carbocycles. The maximum Gasteiger partial charge on any atom is 0.306 e. The lowest BCUT2D eigenvalue weighted by molar-refractivity contribution is -0.145. The fourth-order valence-electron chi connectivity index (χ4n) is 2.85. The van der Waals surface area contributed by atoms with E-state index < -0.39 is 5.97 Å². The topological polar surface area (TPSA) is 86.3 Å². The van der Waals surface area contributed by atoms with Gasteiger partial charge in [-0.2, -0.15) is 5.10 Å². The first-order valence-electron chi connectivity index (χ1n) is 7.17. The van der Waals surface area contributed by atoms with Gasteiger partial charge in [-0.05, 0) is 29.9 Å². The van der Waals surface area contributed by atoms with Gasteiger partial charge in [0, 0.05) is 13.1 Å². The number of nitrogens with one attached hydrogen (secondary N) is 1. The molecule has 0 radical (unpaired) electrons. The number of amides is 1. The number of aliphatic carboxylic acids is 1. The summed E-state index contributed by atoms with van der Waals surface area (Å²) in [6, 6.07) is 5.66. The van der Waals surface area contributed by atoms with Crippen LogP contribution in [0.1, 0.15) is 23.8 Å². The predicted octanol–water partition coefficient (Wildman–Crippen LogP) is 2.32. The number of carbonyl (C=O) groups is 2. The SMILES string of the molecule is CC1CN(C(=O)c2cc(-c3cccs3)[nH]n2)CCC1C(=O)O. The molecule has 0 bridgehead atoms. The average molecular weight is 319 g/mol. The number of carbonyl (C=O) groups excluding carboxylic acids is 1. The molecule has 1 amide bonds. The number of nitrogens with zero attached hydrogens (tertiary/aromatic N) is 2. The van der Waals surface area contributed by atoms with E-state index >= 15 is 0 Å². The van der Waals surface area contributed by atoms with E-state index in [4.69, 9.17) is 5.11 Å². The highest BCUT2D eigenvalue weighted by Crippen LogP contribution is 2.26. The smallest absolute Gasteiger partial charge is 0.306 e. The summed E-state index contributed by atoms with van der Waals surface area (Å²) >= 11 is 1.58. The lowest BCUT2D eigenvalue weighted by atomic mass is 9.87. The second kappa shape index (κ2) is 5.92. The highest BCUT2D eigenvalue weighted by Gasteiger charge is 2.33. The third-order valence-electron chi connectivity index (χ3n) is 4.09. The van der Waals surface area contributed by atoms with E-state index in [0.29, 0.717) is 25.2 Å². The number of likely N-dealkylation sites (tertiary alicyclic amines) is 1. The third-order valence-corrected chi connectivity index (χ3v) is 5.00. The van der Waals surface area contributed by atoms with Gasteiger partial charge in [-0.15, -0.1) is 11.3 Å². The molecule has 1 aliphatic heterocycles. The average Bonchev–Trinajstić information content (AvgIpc) is 3.16. The Hall–Kier alpha value is -2.15. The number of aromatic nitrogens is 2. The van der Waals surface area contributed by atoms with E-state index in [-0.39, 0.29) is 17.7 Å². The van der Waals surface area contributed by atoms with E-state index in [1.54, 1.807) is 22.3 Å². The van der Waals surface area contributed by atoms with Gasteiger partial charge in [0.1, 0.15) is 0 Å². The Balaban J connectivity index is 1.71. The Morgan fingerprint density at radius 2 is 2.32 bits per heavy atom. The molecule has 2 unspecified atom stereocenters. The highest BCUT2D eigenvalue weighted by molar-refractivity contribution is 7.13. The first-order chi connectivity index (χ1) is 10.6.